The molecule has 1 aromatic heterocycles. The van der Waals surface area contributed by atoms with Crippen molar-refractivity contribution in [2.45, 2.75) is 12.6 Å². The van der Waals surface area contributed by atoms with Crippen molar-refractivity contribution in [1.82, 2.24) is 5.32 Å². The number of carbonyl (C=O) groups excluding carboxylic acids is 1. The molecule has 1 heterocycles. The van der Waals surface area contributed by atoms with E-state index in [2.05, 4.69) is 11.4 Å². The summed E-state index contributed by atoms with van der Waals surface area (Å²) < 4.78 is 10.7. The van der Waals surface area contributed by atoms with Gasteiger partial charge < -0.3 is 14.5 Å². The number of nitriles is 1. The standard InChI is InChI=1S/C20H16N2O3/c21-13-18(22-20(23)19-7-4-12-24-19)16-8-10-17(11-9-16)25-14-15-5-2-1-3-6-15/h1-12,18H,14H2,(H,22,23)/t18-/m1/s1. The van der Waals surface area contributed by atoms with Crippen LogP contribution in [0.2, 0.25) is 0 Å². The molecule has 1 N–H and O–H groups in total. The molecule has 1 amide bonds. The fraction of sp³-hybridized carbons (Fsp3) is 0.100. The highest BCUT2D eigenvalue weighted by molar-refractivity contribution is 5.91. The molecule has 3 rings (SSSR count). The third-order valence-corrected chi connectivity index (χ3v) is 3.61. The number of amides is 1. The molecule has 0 unspecified atom stereocenters. The Kier molecular flexibility index (Phi) is 5.13. The van der Waals surface area contributed by atoms with Crippen molar-refractivity contribution in [1.29, 1.82) is 5.26 Å². The van der Waals surface area contributed by atoms with Crippen molar-refractivity contribution >= 4 is 5.91 Å². The molecule has 3 aromatic rings. The Morgan fingerprint density at radius 2 is 1.84 bits per heavy atom. The van der Waals surface area contributed by atoms with Crippen LogP contribution < -0.4 is 10.1 Å². The second-order valence-electron chi connectivity index (χ2n) is 5.36. The molecule has 0 aliphatic carbocycles. The molecule has 0 aliphatic rings. The summed E-state index contributed by atoms with van der Waals surface area (Å²) in [6.45, 7) is 0.469. The van der Waals surface area contributed by atoms with Gasteiger partial charge in [0.2, 0.25) is 0 Å². The molecule has 25 heavy (non-hydrogen) atoms. The van der Waals surface area contributed by atoms with Crippen molar-refractivity contribution in [3.8, 4) is 11.8 Å². The lowest BCUT2D eigenvalue weighted by atomic mass is 10.1. The Labute approximate surface area is 145 Å². The van der Waals surface area contributed by atoms with E-state index in [-0.39, 0.29) is 5.76 Å². The number of ether oxygens (including phenoxy) is 1. The molecule has 0 spiro atoms. The summed E-state index contributed by atoms with van der Waals surface area (Å²) in [5, 5.41) is 11.9. The van der Waals surface area contributed by atoms with Gasteiger partial charge in [-0.05, 0) is 35.4 Å². The minimum Gasteiger partial charge on any atom is -0.489 e. The van der Waals surface area contributed by atoms with E-state index in [9.17, 15) is 10.1 Å². The zero-order chi connectivity index (χ0) is 17.5. The SMILES string of the molecule is N#C[C@@H](NC(=O)c1ccco1)c1ccc(OCc2ccccc2)cc1. The van der Waals surface area contributed by atoms with Crippen molar-refractivity contribution in [2.75, 3.05) is 0 Å². The molecular weight excluding hydrogens is 316 g/mol. The van der Waals surface area contributed by atoms with Gasteiger partial charge in [0.1, 0.15) is 18.4 Å². The van der Waals surface area contributed by atoms with Crippen LogP contribution >= 0.6 is 0 Å². The summed E-state index contributed by atoms with van der Waals surface area (Å²) in [5.74, 6) is 0.436. The second-order valence-corrected chi connectivity index (χ2v) is 5.36. The first-order valence-corrected chi connectivity index (χ1v) is 7.77. The largest absolute Gasteiger partial charge is 0.489 e. The van der Waals surface area contributed by atoms with Crippen LogP contribution in [0.4, 0.5) is 0 Å². The van der Waals surface area contributed by atoms with Crippen molar-refractivity contribution < 1.29 is 13.9 Å². The maximum atomic E-state index is 12.0. The summed E-state index contributed by atoms with van der Waals surface area (Å²) in [7, 11) is 0. The molecular formula is C20H16N2O3. The Morgan fingerprint density at radius 1 is 1.08 bits per heavy atom. The fourth-order valence-corrected chi connectivity index (χ4v) is 2.30. The summed E-state index contributed by atoms with van der Waals surface area (Å²) in [4.78, 5) is 12.0. The normalized spacial score (nSPS) is 11.3. The van der Waals surface area contributed by atoms with Crippen LogP contribution in [0.15, 0.2) is 77.4 Å². The fourth-order valence-electron chi connectivity index (χ4n) is 2.30. The lowest BCUT2D eigenvalue weighted by Gasteiger charge is -2.12. The minimum atomic E-state index is -0.763. The van der Waals surface area contributed by atoms with Crippen LogP contribution in [0.25, 0.3) is 0 Å². The molecule has 0 fully saturated rings. The number of hydrogen-bond donors (Lipinski definition) is 1. The zero-order valence-corrected chi connectivity index (χ0v) is 13.4. The summed E-state index contributed by atoms with van der Waals surface area (Å²) in [5.41, 5.74) is 1.75. The van der Waals surface area contributed by atoms with Crippen LogP contribution in [0.5, 0.6) is 5.75 Å². The maximum absolute atomic E-state index is 12.0. The molecule has 0 saturated heterocycles. The number of hydrogen-bond acceptors (Lipinski definition) is 4. The number of nitrogens with zero attached hydrogens (tertiary/aromatic N) is 1. The summed E-state index contributed by atoms with van der Waals surface area (Å²) in [6.07, 6.45) is 1.41. The topological polar surface area (TPSA) is 75.3 Å². The summed E-state index contributed by atoms with van der Waals surface area (Å²) in [6, 6.07) is 21.4. The number of furan rings is 1. The predicted molar refractivity (Wildman–Crippen MR) is 91.7 cm³/mol. The number of benzene rings is 2. The van der Waals surface area contributed by atoms with Gasteiger partial charge in [0.15, 0.2) is 5.76 Å². The van der Waals surface area contributed by atoms with Gasteiger partial charge in [0.25, 0.3) is 5.91 Å². The molecule has 0 radical (unpaired) electrons. The number of nitrogens with one attached hydrogen (secondary N) is 1. The molecule has 0 saturated carbocycles. The van der Waals surface area contributed by atoms with Crippen molar-refractivity contribution in [3.05, 3.63) is 89.9 Å². The van der Waals surface area contributed by atoms with E-state index in [4.69, 9.17) is 9.15 Å². The number of rotatable bonds is 6. The van der Waals surface area contributed by atoms with E-state index in [0.29, 0.717) is 17.9 Å². The average molecular weight is 332 g/mol. The highest BCUT2D eigenvalue weighted by Crippen LogP contribution is 2.19. The Balaban J connectivity index is 1.62. The van der Waals surface area contributed by atoms with Crippen LogP contribution in [0.3, 0.4) is 0 Å². The monoisotopic (exact) mass is 332 g/mol. The second kappa shape index (κ2) is 7.84. The van der Waals surface area contributed by atoms with Gasteiger partial charge >= 0.3 is 0 Å². The summed E-state index contributed by atoms with van der Waals surface area (Å²) >= 11 is 0. The molecule has 1 atom stereocenters. The highest BCUT2D eigenvalue weighted by Gasteiger charge is 2.16. The van der Waals surface area contributed by atoms with Crippen molar-refractivity contribution in [3.63, 3.8) is 0 Å². The predicted octanol–water partition coefficient (Wildman–Crippen LogP) is 3.85. The lowest BCUT2D eigenvalue weighted by Crippen LogP contribution is -2.27. The van der Waals surface area contributed by atoms with Gasteiger partial charge in [0, 0.05) is 0 Å². The average Bonchev–Trinajstić information content (AvgIpc) is 3.20. The van der Waals surface area contributed by atoms with Gasteiger partial charge in [-0.25, -0.2) is 0 Å². The van der Waals surface area contributed by atoms with Gasteiger partial charge in [-0.3, -0.25) is 4.79 Å². The van der Waals surface area contributed by atoms with Crippen LogP contribution in [0.1, 0.15) is 27.7 Å². The van der Waals surface area contributed by atoms with E-state index in [1.807, 2.05) is 30.3 Å². The quantitative estimate of drug-likeness (QED) is 0.744. The van der Waals surface area contributed by atoms with Gasteiger partial charge in [-0.2, -0.15) is 5.26 Å². The maximum Gasteiger partial charge on any atom is 0.288 e. The molecule has 0 aliphatic heterocycles. The third-order valence-electron chi connectivity index (χ3n) is 3.61. The van der Waals surface area contributed by atoms with Crippen LogP contribution in [-0.4, -0.2) is 5.91 Å². The minimum absolute atomic E-state index is 0.170. The van der Waals surface area contributed by atoms with Crippen LogP contribution in [0, 0.1) is 11.3 Å². The highest BCUT2D eigenvalue weighted by atomic mass is 16.5. The molecule has 5 nitrogen and oxygen atoms in total. The first-order valence-electron chi connectivity index (χ1n) is 7.77. The van der Waals surface area contributed by atoms with Crippen molar-refractivity contribution in [2.24, 2.45) is 0 Å². The Hall–Kier alpha value is -3.52. The van der Waals surface area contributed by atoms with E-state index in [1.54, 1.807) is 36.4 Å². The Morgan fingerprint density at radius 3 is 2.48 bits per heavy atom. The third kappa shape index (κ3) is 4.27. The molecule has 2 aromatic carbocycles. The Bertz CT molecular complexity index is 850. The van der Waals surface area contributed by atoms with E-state index < -0.39 is 11.9 Å². The number of carbonyl (C=O) groups is 1. The van der Waals surface area contributed by atoms with Gasteiger partial charge in [-0.15, -0.1) is 0 Å². The first-order chi connectivity index (χ1) is 12.3. The van der Waals surface area contributed by atoms with Crippen LogP contribution in [-0.2, 0) is 6.61 Å². The van der Waals surface area contributed by atoms with Gasteiger partial charge in [0.05, 0.1) is 12.3 Å². The zero-order valence-electron chi connectivity index (χ0n) is 13.4. The molecule has 5 heteroatoms. The molecule has 0 bridgehead atoms. The molecule has 124 valence electrons. The lowest BCUT2D eigenvalue weighted by molar-refractivity contribution is 0.0917. The van der Waals surface area contributed by atoms with Gasteiger partial charge in [-0.1, -0.05) is 42.5 Å². The van der Waals surface area contributed by atoms with E-state index in [0.717, 1.165) is 5.56 Å². The first kappa shape index (κ1) is 16.3. The van der Waals surface area contributed by atoms with E-state index in [1.165, 1.54) is 6.26 Å². The smallest absolute Gasteiger partial charge is 0.288 e. The van der Waals surface area contributed by atoms with E-state index >= 15 is 0 Å².